The van der Waals surface area contributed by atoms with Crippen molar-refractivity contribution in [3.63, 3.8) is 0 Å². The second kappa shape index (κ2) is 7.45. The number of hydrogen-bond acceptors (Lipinski definition) is 8. The predicted octanol–water partition coefficient (Wildman–Crippen LogP) is 2.45. The van der Waals surface area contributed by atoms with Gasteiger partial charge in [0.25, 0.3) is 0 Å². The summed E-state index contributed by atoms with van der Waals surface area (Å²) in [6, 6.07) is 2.16. The van der Waals surface area contributed by atoms with Crippen LogP contribution in [0.2, 0.25) is 0 Å². The van der Waals surface area contributed by atoms with Gasteiger partial charge in [-0.15, -0.1) is 0 Å². The van der Waals surface area contributed by atoms with Crippen LogP contribution in [0, 0.1) is 16.7 Å². The molecule has 8 heteroatoms. The lowest BCUT2D eigenvalue weighted by molar-refractivity contribution is -0.0511. The minimum absolute atomic E-state index is 0.0508. The van der Waals surface area contributed by atoms with E-state index in [4.69, 9.17) is 0 Å². The number of hydrogen-bond donors (Lipinski definition) is 3. The monoisotopic (exact) mass is 367 g/mol. The zero-order valence-electron chi connectivity index (χ0n) is 16.1. The molecular formula is C19H25N7O. The van der Waals surface area contributed by atoms with Crippen molar-refractivity contribution in [1.82, 2.24) is 19.9 Å². The Hall–Kier alpha value is -2.79. The molecule has 27 heavy (non-hydrogen) atoms. The van der Waals surface area contributed by atoms with Crippen LogP contribution in [0.3, 0.4) is 0 Å². The Morgan fingerprint density at radius 1 is 1.30 bits per heavy atom. The first-order valence-electron chi connectivity index (χ1n) is 9.08. The summed E-state index contributed by atoms with van der Waals surface area (Å²) in [5, 5.41) is 25.7. The highest BCUT2D eigenvalue weighted by atomic mass is 16.3. The van der Waals surface area contributed by atoms with Crippen LogP contribution in [0.25, 0.3) is 0 Å². The zero-order valence-corrected chi connectivity index (χ0v) is 16.1. The molecule has 0 unspecified atom stereocenters. The van der Waals surface area contributed by atoms with E-state index in [9.17, 15) is 10.4 Å². The van der Waals surface area contributed by atoms with Crippen LogP contribution < -0.4 is 10.6 Å². The largest absolute Gasteiger partial charge is 0.392 e. The Bertz CT molecular complexity index is 859. The van der Waals surface area contributed by atoms with Crippen molar-refractivity contribution in [2.75, 3.05) is 10.6 Å². The average Bonchev–Trinajstić information content (AvgIpc) is 2.66. The van der Waals surface area contributed by atoms with Crippen LogP contribution >= 0.6 is 0 Å². The number of nitrogens with one attached hydrogen (secondary N) is 2. The van der Waals surface area contributed by atoms with E-state index < -0.39 is 0 Å². The van der Waals surface area contributed by atoms with Crippen molar-refractivity contribution in [3.8, 4) is 6.07 Å². The summed E-state index contributed by atoms with van der Waals surface area (Å²) >= 11 is 0. The molecule has 0 amide bonds. The van der Waals surface area contributed by atoms with Crippen molar-refractivity contribution < 1.29 is 5.11 Å². The van der Waals surface area contributed by atoms with Crippen LogP contribution in [0.4, 0.5) is 11.8 Å². The highest BCUT2D eigenvalue weighted by Gasteiger charge is 2.47. The van der Waals surface area contributed by atoms with E-state index in [-0.39, 0.29) is 23.5 Å². The zero-order chi connectivity index (χ0) is 19.6. The maximum atomic E-state index is 9.92. The molecule has 2 heterocycles. The molecule has 1 saturated carbocycles. The van der Waals surface area contributed by atoms with Crippen LogP contribution in [0.15, 0.2) is 18.6 Å². The Kier molecular flexibility index (Phi) is 5.24. The molecule has 142 valence electrons. The number of aliphatic hydroxyl groups is 1. The molecule has 1 aliphatic carbocycles. The summed E-state index contributed by atoms with van der Waals surface area (Å²) in [7, 11) is 0. The van der Waals surface area contributed by atoms with Crippen LogP contribution in [0.1, 0.15) is 57.0 Å². The van der Waals surface area contributed by atoms with Gasteiger partial charge in [0.2, 0.25) is 5.95 Å². The lowest BCUT2D eigenvalue weighted by atomic mass is 9.64. The first-order chi connectivity index (χ1) is 12.8. The van der Waals surface area contributed by atoms with Gasteiger partial charge < -0.3 is 15.7 Å². The fourth-order valence-corrected chi connectivity index (χ4v) is 3.13. The number of anilines is 2. The minimum atomic E-state index is -0.355. The molecule has 0 bridgehead atoms. The fraction of sp³-hybridized carbons (Fsp3) is 0.526. The second-order valence-electron chi connectivity index (χ2n) is 7.73. The summed E-state index contributed by atoms with van der Waals surface area (Å²) in [5.41, 5.74) is 1.89. The fourth-order valence-electron chi connectivity index (χ4n) is 3.13. The van der Waals surface area contributed by atoms with Crippen molar-refractivity contribution in [2.45, 2.75) is 58.7 Å². The maximum Gasteiger partial charge on any atom is 0.225 e. The van der Waals surface area contributed by atoms with Crippen molar-refractivity contribution in [2.24, 2.45) is 5.41 Å². The lowest BCUT2D eigenvalue weighted by Crippen LogP contribution is -2.57. The van der Waals surface area contributed by atoms with E-state index in [2.05, 4.69) is 50.5 Å². The van der Waals surface area contributed by atoms with Gasteiger partial charge in [-0.3, -0.25) is 9.97 Å². The van der Waals surface area contributed by atoms with Crippen LogP contribution in [-0.2, 0) is 6.54 Å². The predicted molar refractivity (Wildman–Crippen MR) is 102 cm³/mol. The summed E-state index contributed by atoms with van der Waals surface area (Å²) in [6.45, 7) is 8.57. The van der Waals surface area contributed by atoms with Gasteiger partial charge in [0.15, 0.2) is 0 Å². The molecule has 3 N–H and O–H groups in total. The molecule has 2 aromatic heterocycles. The van der Waals surface area contributed by atoms with E-state index in [0.29, 0.717) is 30.3 Å². The lowest BCUT2D eigenvalue weighted by Gasteiger charge is -2.49. The Morgan fingerprint density at radius 3 is 2.67 bits per heavy atom. The van der Waals surface area contributed by atoms with Gasteiger partial charge in [0.05, 0.1) is 30.2 Å². The first-order valence-corrected chi connectivity index (χ1v) is 9.08. The van der Waals surface area contributed by atoms with Crippen LogP contribution in [-0.4, -0.2) is 37.2 Å². The third-order valence-electron chi connectivity index (χ3n) is 5.20. The van der Waals surface area contributed by atoms with E-state index in [0.717, 1.165) is 11.4 Å². The molecule has 8 nitrogen and oxygen atoms in total. The van der Waals surface area contributed by atoms with Gasteiger partial charge in [0, 0.05) is 23.9 Å². The van der Waals surface area contributed by atoms with E-state index in [1.165, 1.54) is 6.20 Å². The maximum absolute atomic E-state index is 9.92. The van der Waals surface area contributed by atoms with Crippen molar-refractivity contribution >= 4 is 11.8 Å². The standard InChI is InChI=1S/C19H25N7O/c1-11(2)16-13(21-5-6-22-16)10-24-18-23-9-12(8-20)17(26-18)25-14-7-15(27)19(14,3)4/h5-6,9,11,14-15,27H,7,10H2,1-4H3,(H2,23,24,25,26)/t14-,15+/m1/s1. The summed E-state index contributed by atoms with van der Waals surface area (Å²) in [5.74, 6) is 1.15. The number of aliphatic hydroxyl groups excluding tert-OH is 1. The third-order valence-corrected chi connectivity index (χ3v) is 5.20. The Morgan fingerprint density at radius 2 is 2.04 bits per heavy atom. The van der Waals surface area contributed by atoms with Gasteiger partial charge >= 0.3 is 0 Å². The number of nitriles is 1. The highest BCUT2D eigenvalue weighted by Crippen LogP contribution is 2.42. The molecule has 0 aliphatic heterocycles. The Balaban J connectivity index is 1.75. The average molecular weight is 367 g/mol. The SMILES string of the molecule is CC(C)c1nccnc1CNc1ncc(C#N)c(N[C@@H]2C[C@H](O)C2(C)C)n1. The van der Waals surface area contributed by atoms with E-state index in [1.54, 1.807) is 12.4 Å². The molecule has 2 atom stereocenters. The van der Waals surface area contributed by atoms with Crippen molar-refractivity contribution in [1.29, 1.82) is 5.26 Å². The molecule has 3 rings (SSSR count). The summed E-state index contributed by atoms with van der Waals surface area (Å²) in [4.78, 5) is 17.5. The molecule has 0 aromatic carbocycles. The molecule has 0 spiro atoms. The number of nitrogens with zero attached hydrogens (tertiary/aromatic N) is 5. The molecule has 0 radical (unpaired) electrons. The van der Waals surface area contributed by atoms with Gasteiger partial charge in [-0.1, -0.05) is 27.7 Å². The molecular weight excluding hydrogens is 342 g/mol. The Labute approximate surface area is 159 Å². The van der Waals surface area contributed by atoms with Crippen LogP contribution in [0.5, 0.6) is 0 Å². The normalized spacial score (nSPS) is 20.6. The second-order valence-corrected chi connectivity index (χ2v) is 7.73. The molecule has 0 saturated heterocycles. The molecule has 2 aromatic rings. The first kappa shape index (κ1) is 19.0. The highest BCUT2D eigenvalue weighted by molar-refractivity contribution is 5.54. The number of rotatable bonds is 6. The third kappa shape index (κ3) is 3.83. The van der Waals surface area contributed by atoms with Crippen molar-refractivity contribution in [3.05, 3.63) is 35.5 Å². The van der Waals surface area contributed by atoms with Gasteiger partial charge in [-0.2, -0.15) is 10.2 Å². The van der Waals surface area contributed by atoms with E-state index in [1.807, 2.05) is 13.8 Å². The van der Waals surface area contributed by atoms with Gasteiger partial charge in [0.1, 0.15) is 17.5 Å². The van der Waals surface area contributed by atoms with Gasteiger partial charge in [-0.25, -0.2) is 4.98 Å². The minimum Gasteiger partial charge on any atom is -0.392 e. The molecule has 1 aliphatic rings. The van der Waals surface area contributed by atoms with E-state index >= 15 is 0 Å². The number of aromatic nitrogens is 4. The quantitative estimate of drug-likeness (QED) is 0.712. The molecule has 1 fully saturated rings. The topological polar surface area (TPSA) is 120 Å². The summed E-state index contributed by atoms with van der Waals surface area (Å²) in [6.07, 6.45) is 5.13. The van der Waals surface area contributed by atoms with Gasteiger partial charge in [-0.05, 0) is 12.3 Å². The smallest absolute Gasteiger partial charge is 0.225 e. The summed E-state index contributed by atoms with van der Waals surface area (Å²) < 4.78 is 0.